The molecule has 0 fully saturated rings. The standard InChI is InChI=1S/C33H36N2O3/c1-3-5-11-22-13-9-16-24-27(19-34-32(22)24)31(26-15-7-8-18-29(26)38-21-30(36)37)28-20-35-33-23(12-6-4-2)14-10-17-25(28)33/h7-10,13-20,31,34-35H,3-6,11-12,21H2,1-2H3,(H,36,37). The summed E-state index contributed by atoms with van der Waals surface area (Å²) < 4.78 is 5.83. The van der Waals surface area contributed by atoms with Crippen LogP contribution in [0.3, 0.4) is 0 Å². The van der Waals surface area contributed by atoms with Crippen molar-refractivity contribution in [1.29, 1.82) is 0 Å². The molecule has 0 spiro atoms. The molecule has 0 bridgehead atoms. The Kier molecular flexibility index (Phi) is 7.83. The number of H-pyrrole nitrogens is 2. The summed E-state index contributed by atoms with van der Waals surface area (Å²) in [6.07, 6.45) is 10.9. The zero-order valence-corrected chi connectivity index (χ0v) is 22.2. The van der Waals surface area contributed by atoms with Crippen LogP contribution in [0.1, 0.15) is 73.3 Å². The largest absolute Gasteiger partial charge is 0.482 e. The van der Waals surface area contributed by atoms with Crippen molar-refractivity contribution in [3.63, 3.8) is 0 Å². The maximum absolute atomic E-state index is 11.4. The molecule has 5 aromatic rings. The predicted molar refractivity (Wildman–Crippen MR) is 154 cm³/mol. The van der Waals surface area contributed by atoms with Crippen molar-refractivity contribution in [2.45, 2.75) is 58.3 Å². The highest BCUT2D eigenvalue weighted by Gasteiger charge is 2.27. The Labute approximate surface area is 223 Å². The van der Waals surface area contributed by atoms with Crippen molar-refractivity contribution in [3.8, 4) is 5.75 Å². The van der Waals surface area contributed by atoms with E-state index in [4.69, 9.17) is 4.74 Å². The van der Waals surface area contributed by atoms with Gasteiger partial charge in [-0.3, -0.25) is 0 Å². The molecule has 2 heterocycles. The van der Waals surface area contributed by atoms with Gasteiger partial charge in [0.1, 0.15) is 5.75 Å². The van der Waals surface area contributed by atoms with Crippen LogP contribution in [0.2, 0.25) is 0 Å². The van der Waals surface area contributed by atoms with Crippen LogP contribution in [0.5, 0.6) is 5.75 Å². The number of hydrogen-bond acceptors (Lipinski definition) is 2. The summed E-state index contributed by atoms with van der Waals surface area (Å²) in [5, 5.41) is 11.7. The number of carboxylic acids is 1. The smallest absolute Gasteiger partial charge is 0.341 e. The van der Waals surface area contributed by atoms with Crippen LogP contribution in [0.25, 0.3) is 21.8 Å². The molecule has 3 N–H and O–H groups in total. The lowest BCUT2D eigenvalue weighted by Gasteiger charge is -2.21. The maximum atomic E-state index is 11.4. The van der Waals surface area contributed by atoms with Gasteiger partial charge in [-0.05, 0) is 54.0 Å². The first kappa shape index (κ1) is 25.7. The Hall–Kier alpha value is -3.99. The molecule has 0 amide bonds. The summed E-state index contributed by atoms with van der Waals surface area (Å²) in [6, 6.07) is 20.9. The van der Waals surface area contributed by atoms with Crippen molar-refractivity contribution in [1.82, 2.24) is 9.97 Å². The van der Waals surface area contributed by atoms with Crippen LogP contribution in [-0.4, -0.2) is 27.7 Å². The molecule has 0 saturated heterocycles. The van der Waals surface area contributed by atoms with Gasteiger partial charge in [-0.15, -0.1) is 0 Å². The Bertz CT molecular complexity index is 1460. The number of aromatic amines is 2. The van der Waals surface area contributed by atoms with E-state index in [1.54, 1.807) is 0 Å². The number of para-hydroxylation sites is 3. The number of benzene rings is 3. The average molecular weight is 509 g/mol. The number of unbranched alkanes of at least 4 members (excludes halogenated alkanes) is 2. The van der Waals surface area contributed by atoms with E-state index < -0.39 is 5.97 Å². The van der Waals surface area contributed by atoms with Crippen LogP contribution in [0, 0.1) is 0 Å². The van der Waals surface area contributed by atoms with Gasteiger partial charge in [-0.2, -0.15) is 0 Å². The molecule has 38 heavy (non-hydrogen) atoms. The second kappa shape index (κ2) is 11.6. The SMILES string of the molecule is CCCCc1cccc2c(C(c3ccccc3OCC(=O)O)c3c[nH]c4c(CCCC)cccc34)c[nH]c12. The Morgan fingerprint density at radius 3 is 1.84 bits per heavy atom. The minimum atomic E-state index is -0.989. The summed E-state index contributed by atoms with van der Waals surface area (Å²) in [6.45, 7) is 4.06. The number of hydrogen-bond donors (Lipinski definition) is 3. The minimum absolute atomic E-state index is 0.148. The molecule has 0 aliphatic carbocycles. The van der Waals surface area contributed by atoms with Crippen molar-refractivity contribution in [2.75, 3.05) is 6.61 Å². The lowest BCUT2D eigenvalue weighted by Crippen LogP contribution is -2.12. The topological polar surface area (TPSA) is 78.1 Å². The van der Waals surface area contributed by atoms with Crippen molar-refractivity contribution in [3.05, 3.63) is 101 Å². The van der Waals surface area contributed by atoms with Gasteiger partial charge in [0.15, 0.2) is 6.61 Å². The number of aromatic nitrogens is 2. The fraction of sp³-hybridized carbons (Fsp3) is 0.303. The first-order valence-electron chi connectivity index (χ1n) is 13.7. The first-order chi connectivity index (χ1) is 18.6. The minimum Gasteiger partial charge on any atom is -0.482 e. The molecule has 2 aromatic heterocycles. The zero-order chi connectivity index (χ0) is 26.5. The van der Waals surface area contributed by atoms with Gasteiger partial charge < -0.3 is 19.8 Å². The van der Waals surface area contributed by atoms with Crippen LogP contribution in [-0.2, 0) is 17.6 Å². The molecule has 0 unspecified atom stereocenters. The quantitative estimate of drug-likeness (QED) is 0.160. The maximum Gasteiger partial charge on any atom is 0.341 e. The Balaban J connectivity index is 1.71. The highest BCUT2D eigenvalue weighted by Crippen LogP contribution is 2.43. The van der Waals surface area contributed by atoms with Crippen molar-refractivity contribution in [2.24, 2.45) is 0 Å². The second-order valence-electron chi connectivity index (χ2n) is 10.0. The highest BCUT2D eigenvalue weighted by molar-refractivity contribution is 5.91. The molecule has 0 saturated carbocycles. The number of rotatable bonds is 12. The van der Waals surface area contributed by atoms with Crippen LogP contribution >= 0.6 is 0 Å². The lowest BCUT2D eigenvalue weighted by molar-refractivity contribution is -0.139. The van der Waals surface area contributed by atoms with Crippen molar-refractivity contribution >= 4 is 27.8 Å². The van der Waals surface area contributed by atoms with Crippen LogP contribution in [0.4, 0.5) is 0 Å². The number of carbonyl (C=O) groups is 1. The molecule has 0 aliphatic rings. The number of aliphatic carboxylic acids is 1. The normalized spacial score (nSPS) is 11.6. The van der Waals surface area contributed by atoms with Gasteiger partial charge in [-0.25, -0.2) is 4.79 Å². The molecule has 5 nitrogen and oxygen atoms in total. The van der Waals surface area contributed by atoms with Gasteiger partial charge in [0.05, 0.1) is 0 Å². The lowest BCUT2D eigenvalue weighted by atomic mass is 9.83. The number of fused-ring (bicyclic) bond motifs is 2. The molecule has 0 aliphatic heterocycles. The van der Waals surface area contributed by atoms with Crippen LogP contribution in [0.15, 0.2) is 73.1 Å². The average Bonchev–Trinajstić information content (AvgIpc) is 3.56. The van der Waals surface area contributed by atoms with Gasteiger partial charge in [0.25, 0.3) is 0 Å². The fourth-order valence-corrected chi connectivity index (χ4v) is 5.60. The second-order valence-corrected chi connectivity index (χ2v) is 10.0. The summed E-state index contributed by atoms with van der Waals surface area (Å²) in [5.74, 6) is -0.546. The summed E-state index contributed by atoms with van der Waals surface area (Å²) in [5.41, 5.74) is 8.26. The fourth-order valence-electron chi connectivity index (χ4n) is 5.60. The van der Waals surface area contributed by atoms with Crippen LogP contribution < -0.4 is 4.74 Å². The number of aryl methyl sites for hydroxylation is 2. The molecule has 0 radical (unpaired) electrons. The van der Waals surface area contributed by atoms with E-state index in [0.717, 1.165) is 55.2 Å². The zero-order valence-electron chi connectivity index (χ0n) is 22.2. The van der Waals surface area contributed by atoms with E-state index in [0.29, 0.717) is 5.75 Å². The third-order valence-electron chi connectivity index (χ3n) is 7.47. The van der Waals surface area contributed by atoms with E-state index in [-0.39, 0.29) is 12.5 Å². The van der Waals surface area contributed by atoms with Crippen molar-refractivity contribution < 1.29 is 14.6 Å². The van der Waals surface area contributed by atoms with Gasteiger partial charge >= 0.3 is 5.97 Å². The van der Waals surface area contributed by atoms with Gasteiger partial charge in [0.2, 0.25) is 0 Å². The molecule has 5 rings (SSSR count). The molecular formula is C33H36N2O3. The van der Waals surface area contributed by atoms with Gasteiger partial charge in [0, 0.05) is 45.7 Å². The van der Waals surface area contributed by atoms with E-state index in [2.05, 4.69) is 78.7 Å². The number of nitrogens with one attached hydrogen (secondary N) is 2. The third kappa shape index (κ3) is 5.06. The first-order valence-corrected chi connectivity index (χ1v) is 13.7. The number of ether oxygens (including phenoxy) is 1. The number of carboxylic acid groups (broad SMARTS) is 1. The Morgan fingerprint density at radius 2 is 1.32 bits per heavy atom. The predicted octanol–water partition coefficient (Wildman–Crippen LogP) is 7.98. The third-order valence-corrected chi connectivity index (χ3v) is 7.47. The van der Waals surface area contributed by atoms with Gasteiger partial charge in [-0.1, -0.05) is 81.3 Å². The van der Waals surface area contributed by atoms with E-state index in [1.165, 1.54) is 32.9 Å². The van der Waals surface area contributed by atoms with E-state index >= 15 is 0 Å². The monoisotopic (exact) mass is 508 g/mol. The molecule has 5 heteroatoms. The summed E-state index contributed by atoms with van der Waals surface area (Å²) in [4.78, 5) is 18.6. The molecule has 0 atom stereocenters. The molecule has 196 valence electrons. The van der Waals surface area contributed by atoms with E-state index in [1.807, 2.05) is 18.2 Å². The Morgan fingerprint density at radius 1 is 0.763 bits per heavy atom. The molecular weight excluding hydrogens is 472 g/mol. The van der Waals surface area contributed by atoms with E-state index in [9.17, 15) is 9.90 Å². The molecule has 3 aromatic carbocycles. The highest BCUT2D eigenvalue weighted by atomic mass is 16.5. The summed E-state index contributed by atoms with van der Waals surface area (Å²) >= 11 is 0. The summed E-state index contributed by atoms with van der Waals surface area (Å²) in [7, 11) is 0.